The molecule has 0 fully saturated rings. The molecule has 0 aromatic heterocycles. The highest BCUT2D eigenvalue weighted by Gasteiger charge is 2.21. The van der Waals surface area contributed by atoms with Crippen molar-refractivity contribution in [1.82, 2.24) is 5.32 Å². The molecular weight excluding hydrogens is 281 g/mol. The molecule has 0 spiro atoms. The molecule has 1 unspecified atom stereocenters. The van der Waals surface area contributed by atoms with Crippen LogP contribution in [-0.2, 0) is 11.2 Å². The number of hydrogen-bond donors (Lipinski definition) is 2. The summed E-state index contributed by atoms with van der Waals surface area (Å²) < 4.78 is 13.1. The fourth-order valence-electron chi connectivity index (χ4n) is 2.40. The molecule has 0 radical (unpaired) electrons. The van der Waals surface area contributed by atoms with Crippen LogP contribution in [0.2, 0.25) is 0 Å². The molecule has 2 atom stereocenters. The fraction of sp³-hybridized carbons (Fsp3) is 0.278. The Balaban J connectivity index is 1.94. The van der Waals surface area contributed by atoms with Crippen molar-refractivity contribution in [3.8, 4) is 0 Å². The van der Waals surface area contributed by atoms with Gasteiger partial charge in [0.15, 0.2) is 0 Å². The van der Waals surface area contributed by atoms with E-state index in [4.69, 9.17) is 0 Å². The third kappa shape index (κ3) is 4.67. The van der Waals surface area contributed by atoms with E-state index < -0.39 is 12.0 Å². The number of aliphatic carboxylic acids is 1. The molecule has 0 bridgehead atoms. The minimum absolute atomic E-state index is 0.00423. The quantitative estimate of drug-likeness (QED) is 0.822. The van der Waals surface area contributed by atoms with Crippen molar-refractivity contribution in [2.45, 2.75) is 31.8 Å². The second-order valence-electron chi connectivity index (χ2n) is 5.42. The number of hydrogen-bond acceptors (Lipinski definition) is 2. The third-order valence-electron chi connectivity index (χ3n) is 3.59. The standard InChI is InChI=1S/C18H20FNO2/c1-13(10-11-14-6-5-9-16(19)12-14)20-17(18(21)22)15-7-3-2-4-8-15/h2-9,12-13,17,20H,10-11H2,1H3,(H,21,22)/t13?,17-/m0/s1. The molecule has 0 amide bonds. The second kappa shape index (κ2) is 7.71. The minimum atomic E-state index is -0.899. The highest BCUT2D eigenvalue weighted by atomic mass is 19.1. The van der Waals surface area contributed by atoms with Crippen molar-refractivity contribution in [2.24, 2.45) is 0 Å². The van der Waals surface area contributed by atoms with Crippen LogP contribution < -0.4 is 5.32 Å². The monoisotopic (exact) mass is 301 g/mol. The summed E-state index contributed by atoms with van der Waals surface area (Å²) in [7, 11) is 0. The van der Waals surface area contributed by atoms with Gasteiger partial charge in [-0.25, -0.2) is 4.39 Å². The topological polar surface area (TPSA) is 49.3 Å². The predicted molar refractivity (Wildman–Crippen MR) is 84.1 cm³/mol. The number of nitrogens with one attached hydrogen (secondary N) is 1. The van der Waals surface area contributed by atoms with Gasteiger partial charge in [0, 0.05) is 6.04 Å². The summed E-state index contributed by atoms with van der Waals surface area (Å²) in [5.74, 6) is -1.14. The minimum Gasteiger partial charge on any atom is -0.480 e. The maximum atomic E-state index is 13.1. The molecule has 3 nitrogen and oxygen atoms in total. The van der Waals surface area contributed by atoms with Gasteiger partial charge in [0.1, 0.15) is 11.9 Å². The SMILES string of the molecule is CC(CCc1cccc(F)c1)N[C@H](C(=O)O)c1ccccc1. The molecule has 22 heavy (non-hydrogen) atoms. The molecule has 2 N–H and O–H groups in total. The van der Waals surface area contributed by atoms with E-state index in [0.29, 0.717) is 6.42 Å². The summed E-state index contributed by atoms with van der Waals surface area (Å²) in [5.41, 5.74) is 1.65. The lowest BCUT2D eigenvalue weighted by molar-refractivity contribution is -0.139. The molecule has 2 aromatic rings. The molecular formula is C18H20FNO2. The number of rotatable bonds is 7. The Kier molecular flexibility index (Phi) is 5.67. The number of aryl methyl sites for hydroxylation is 1. The van der Waals surface area contributed by atoms with Crippen molar-refractivity contribution >= 4 is 5.97 Å². The van der Waals surface area contributed by atoms with E-state index in [1.54, 1.807) is 18.2 Å². The smallest absolute Gasteiger partial charge is 0.325 e. The van der Waals surface area contributed by atoms with E-state index in [1.807, 2.05) is 31.2 Å². The first-order valence-corrected chi connectivity index (χ1v) is 7.34. The molecule has 116 valence electrons. The molecule has 0 saturated heterocycles. The molecule has 0 aliphatic heterocycles. The van der Waals surface area contributed by atoms with Crippen LogP contribution in [0.3, 0.4) is 0 Å². The summed E-state index contributed by atoms with van der Waals surface area (Å²) in [6.07, 6.45) is 1.44. The number of carboxylic acids is 1. The van der Waals surface area contributed by atoms with Gasteiger partial charge >= 0.3 is 5.97 Å². The van der Waals surface area contributed by atoms with E-state index in [0.717, 1.165) is 17.5 Å². The Morgan fingerprint density at radius 2 is 1.91 bits per heavy atom. The Labute approximate surface area is 129 Å². The van der Waals surface area contributed by atoms with E-state index in [9.17, 15) is 14.3 Å². The molecule has 2 aromatic carbocycles. The van der Waals surface area contributed by atoms with Crippen LogP contribution in [-0.4, -0.2) is 17.1 Å². The average molecular weight is 301 g/mol. The first-order valence-electron chi connectivity index (χ1n) is 7.34. The first-order chi connectivity index (χ1) is 10.6. The summed E-state index contributed by atoms with van der Waals surface area (Å²) in [6, 6.07) is 14.9. The van der Waals surface area contributed by atoms with E-state index in [1.165, 1.54) is 12.1 Å². The maximum Gasteiger partial charge on any atom is 0.325 e. The van der Waals surface area contributed by atoms with E-state index >= 15 is 0 Å². The van der Waals surface area contributed by atoms with Crippen molar-refractivity contribution in [1.29, 1.82) is 0 Å². The van der Waals surface area contributed by atoms with Crippen LogP contribution in [0, 0.1) is 5.82 Å². The van der Waals surface area contributed by atoms with Gasteiger partial charge < -0.3 is 5.11 Å². The number of halogens is 1. The molecule has 2 rings (SSSR count). The van der Waals surface area contributed by atoms with Gasteiger partial charge in [-0.05, 0) is 43.0 Å². The Morgan fingerprint density at radius 3 is 2.55 bits per heavy atom. The zero-order chi connectivity index (χ0) is 15.9. The van der Waals surface area contributed by atoms with Gasteiger partial charge in [-0.3, -0.25) is 10.1 Å². The Hall–Kier alpha value is -2.20. The summed E-state index contributed by atoms with van der Waals surface area (Å²) in [6.45, 7) is 1.94. The van der Waals surface area contributed by atoms with Gasteiger partial charge in [-0.2, -0.15) is 0 Å². The van der Waals surface area contributed by atoms with Gasteiger partial charge in [0.05, 0.1) is 0 Å². The lowest BCUT2D eigenvalue weighted by atomic mass is 10.0. The zero-order valence-electron chi connectivity index (χ0n) is 12.5. The van der Waals surface area contributed by atoms with Gasteiger partial charge in [0.2, 0.25) is 0 Å². The summed E-state index contributed by atoms with van der Waals surface area (Å²) in [5, 5.41) is 12.5. The third-order valence-corrected chi connectivity index (χ3v) is 3.59. The Bertz CT molecular complexity index is 615. The number of carboxylic acid groups (broad SMARTS) is 1. The van der Waals surface area contributed by atoms with E-state index in [-0.39, 0.29) is 11.9 Å². The molecule has 0 aliphatic carbocycles. The number of benzene rings is 2. The molecule has 0 saturated carbocycles. The van der Waals surface area contributed by atoms with Gasteiger partial charge in [-0.15, -0.1) is 0 Å². The van der Waals surface area contributed by atoms with Crippen molar-refractivity contribution in [3.63, 3.8) is 0 Å². The summed E-state index contributed by atoms with van der Waals surface area (Å²) in [4.78, 5) is 11.4. The van der Waals surface area contributed by atoms with Crippen LogP contribution in [0.15, 0.2) is 54.6 Å². The lowest BCUT2D eigenvalue weighted by Crippen LogP contribution is -2.35. The van der Waals surface area contributed by atoms with Crippen LogP contribution in [0.25, 0.3) is 0 Å². The molecule has 0 aliphatic rings. The maximum absolute atomic E-state index is 13.1. The van der Waals surface area contributed by atoms with Crippen molar-refractivity contribution in [2.75, 3.05) is 0 Å². The van der Waals surface area contributed by atoms with Crippen LogP contribution >= 0.6 is 0 Å². The first kappa shape index (κ1) is 16.2. The van der Waals surface area contributed by atoms with Crippen molar-refractivity contribution < 1.29 is 14.3 Å². The van der Waals surface area contributed by atoms with Crippen LogP contribution in [0.5, 0.6) is 0 Å². The zero-order valence-corrected chi connectivity index (χ0v) is 12.5. The van der Waals surface area contributed by atoms with Crippen LogP contribution in [0.4, 0.5) is 4.39 Å². The number of carbonyl (C=O) groups is 1. The lowest BCUT2D eigenvalue weighted by Gasteiger charge is -2.20. The highest BCUT2D eigenvalue weighted by Crippen LogP contribution is 2.15. The highest BCUT2D eigenvalue weighted by molar-refractivity contribution is 5.75. The normalized spacial score (nSPS) is 13.5. The van der Waals surface area contributed by atoms with Crippen LogP contribution in [0.1, 0.15) is 30.5 Å². The van der Waals surface area contributed by atoms with Gasteiger partial charge in [0.25, 0.3) is 0 Å². The average Bonchev–Trinajstić information content (AvgIpc) is 2.51. The second-order valence-corrected chi connectivity index (χ2v) is 5.42. The molecule has 4 heteroatoms. The molecule has 0 heterocycles. The fourth-order valence-corrected chi connectivity index (χ4v) is 2.40. The largest absolute Gasteiger partial charge is 0.480 e. The predicted octanol–water partition coefficient (Wildman–Crippen LogP) is 3.56. The summed E-state index contributed by atoms with van der Waals surface area (Å²) >= 11 is 0. The van der Waals surface area contributed by atoms with E-state index in [2.05, 4.69) is 5.32 Å². The van der Waals surface area contributed by atoms with Gasteiger partial charge in [-0.1, -0.05) is 42.5 Å². The Morgan fingerprint density at radius 1 is 1.18 bits per heavy atom. The van der Waals surface area contributed by atoms with Crippen molar-refractivity contribution in [3.05, 3.63) is 71.5 Å².